The minimum atomic E-state index is 0.126. The molecule has 0 unspecified atom stereocenters. The smallest absolute Gasteiger partial charge is 0.0488 e. The SMILES string of the molecule is CC12CC3(C)CC(CO)(C1)CC(CO)(C2)C3.CC12CC3(C)CC(CO)(C1)CC(CO)(C2)C3. The van der Waals surface area contributed by atoms with Crippen LogP contribution in [-0.2, 0) is 0 Å². The van der Waals surface area contributed by atoms with Gasteiger partial charge in [0.25, 0.3) is 0 Å². The highest BCUT2D eigenvalue weighted by Crippen LogP contribution is 2.74. The van der Waals surface area contributed by atoms with Gasteiger partial charge in [-0.25, -0.2) is 0 Å². The maximum Gasteiger partial charge on any atom is 0.0488 e. The summed E-state index contributed by atoms with van der Waals surface area (Å²) in [6.07, 6.45) is 14.1. The Morgan fingerprint density at radius 3 is 0.688 bits per heavy atom. The van der Waals surface area contributed by atoms with Gasteiger partial charge in [0, 0.05) is 26.4 Å². The van der Waals surface area contributed by atoms with E-state index in [0.29, 0.717) is 48.1 Å². The summed E-state index contributed by atoms with van der Waals surface area (Å²) in [5.41, 5.74) is 1.98. The van der Waals surface area contributed by atoms with E-state index < -0.39 is 0 Å². The zero-order valence-corrected chi connectivity index (χ0v) is 21.1. The van der Waals surface area contributed by atoms with Gasteiger partial charge >= 0.3 is 0 Å². The Kier molecular flexibility index (Phi) is 4.96. The minimum Gasteiger partial charge on any atom is -0.396 e. The van der Waals surface area contributed by atoms with Gasteiger partial charge in [0.15, 0.2) is 0 Å². The molecule has 8 rings (SSSR count). The van der Waals surface area contributed by atoms with Gasteiger partial charge in [-0.05, 0) is 120 Å². The average Bonchev–Trinajstić information content (AvgIpc) is 2.63. The summed E-state index contributed by atoms with van der Waals surface area (Å²) in [6.45, 7) is 10.8. The Hall–Kier alpha value is -0.160. The standard InChI is InChI=1S/2C14H24O2/c2*1-11-3-12(2)6-13(4-11,9-15)8-14(5-11,7-12)10-16/h2*15-16H,3-10H2,1-2H3. The predicted octanol–water partition coefficient (Wildman–Crippen LogP) is 4.68. The second-order valence-electron chi connectivity index (χ2n) is 16.0. The van der Waals surface area contributed by atoms with Crippen molar-refractivity contribution in [3.63, 3.8) is 0 Å². The number of hydrogen-bond donors (Lipinski definition) is 4. The molecule has 8 bridgehead atoms. The maximum atomic E-state index is 9.79. The predicted molar refractivity (Wildman–Crippen MR) is 126 cm³/mol. The van der Waals surface area contributed by atoms with Crippen LogP contribution in [0.4, 0.5) is 0 Å². The van der Waals surface area contributed by atoms with Gasteiger partial charge in [-0.2, -0.15) is 0 Å². The fourth-order valence-corrected chi connectivity index (χ4v) is 13.1. The van der Waals surface area contributed by atoms with Crippen LogP contribution in [0.15, 0.2) is 0 Å². The van der Waals surface area contributed by atoms with Gasteiger partial charge in [-0.1, -0.05) is 27.7 Å². The van der Waals surface area contributed by atoms with Crippen LogP contribution in [0.25, 0.3) is 0 Å². The molecule has 0 radical (unpaired) electrons. The molecule has 0 aromatic rings. The Morgan fingerprint density at radius 1 is 0.344 bits per heavy atom. The summed E-state index contributed by atoms with van der Waals surface area (Å²) < 4.78 is 0. The Balaban J connectivity index is 0.000000135. The van der Waals surface area contributed by atoms with E-state index in [-0.39, 0.29) is 21.7 Å². The van der Waals surface area contributed by atoms with Gasteiger partial charge in [-0.15, -0.1) is 0 Å². The van der Waals surface area contributed by atoms with Crippen LogP contribution >= 0.6 is 0 Å². The lowest BCUT2D eigenvalue weighted by Gasteiger charge is -2.69. The third kappa shape index (κ3) is 3.53. The molecule has 32 heavy (non-hydrogen) atoms. The molecule has 0 aromatic carbocycles. The highest BCUT2D eigenvalue weighted by atomic mass is 16.3. The van der Waals surface area contributed by atoms with Crippen LogP contribution in [0.3, 0.4) is 0 Å². The van der Waals surface area contributed by atoms with Crippen molar-refractivity contribution in [2.45, 2.75) is 105 Å². The first kappa shape index (κ1) is 23.6. The first-order valence-corrected chi connectivity index (χ1v) is 13.2. The second-order valence-corrected chi connectivity index (χ2v) is 16.0. The van der Waals surface area contributed by atoms with Gasteiger partial charge in [0.05, 0.1) is 0 Å². The summed E-state index contributed by atoms with van der Waals surface area (Å²) in [5.74, 6) is 0. The first-order valence-electron chi connectivity index (χ1n) is 13.2. The van der Waals surface area contributed by atoms with E-state index in [0.717, 1.165) is 12.8 Å². The van der Waals surface area contributed by atoms with Crippen molar-refractivity contribution in [3.8, 4) is 0 Å². The molecule has 4 heteroatoms. The molecule has 0 spiro atoms. The largest absolute Gasteiger partial charge is 0.396 e. The lowest BCUT2D eigenvalue weighted by molar-refractivity contribution is -0.211. The molecular weight excluding hydrogens is 400 g/mol. The van der Waals surface area contributed by atoms with E-state index in [4.69, 9.17) is 0 Å². The minimum absolute atomic E-state index is 0.126. The molecule has 0 atom stereocenters. The van der Waals surface area contributed by atoms with Crippen molar-refractivity contribution in [2.24, 2.45) is 43.3 Å². The van der Waals surface area contributed by atoms with E-state index in [1.54, 1.807) is 0 Å². The van der Waals surface area contributed by atoms with Gasteiger partial charge in [-0.3, -0.25) is 0 Å². The highest BCUT2D eigenvalue weighted by Gasteiger charge is 2.66. The van der Waals surface area contributed by atoms with E-state index in [9.17, 15) is 20.4 Å². The second kappa shape index (κ2) is 6.74. The van der Waals surface area contributed by atoms with E-state index >= 15 is 0 Å². The highest BCUT2D eigenvalue weighted by molar-refractivity contribution is 5.16. The number of hydrogen-bond acceptors (Lipinski definition) is 4. The topological polar surface area (TPSA) is 80.9 Å². The molecule has 0 amide bonds. The molecule has 0 saturated heterocycles. The molecular formula is C28H48O4. The normalized spacial score (nSPS) is 59.2. The Labute approximate surface area is 195 Å². The van der Waals surface area contributed by atoms with Crippen LogP contribution in [0, 0.1) is 43.3 Å². The fraction of sp³-hybridized carbons (Fsp3) is 1.00. The summed E-state index contributed by atoms with van der Waals surface area (Å²) >= 11 is 0. The number of aliphatic hydroxyl groups excluding tert-OH is 4. The van der Waals surface area contributed by atoms with Crippen LogP contribution in [0.5, 0.6) is 0 Å². The average molecular weight is 449 g/mol. The molecule has 8 aliphatic carbocycles. The molecule has 8 saturated carbocycles. The van der Waals surface area contributed by atoms with E-state index in [1.807, 2.05) is 0 Å². The van der Waals surface area contributed by atoms with Crippen LogP contribution in [0.2, 0.25) is 0 Å². The maximum absolute atomic E-state index is 9.79. The van der Waals surface area contributed by atoms with Crippen molar-refractivity contribution in [1.29, 1.82) is 0 Å². The summed E-state index contributed by atoms with van der Waals surface area (Å²) in [4.78, 5) is 0. The number of rotatable bonds is 4. The van der Waals surface area contributed by atoms with E-state index in [2.05, 4.69) is 27.7 Å². The molecule has 0 aliphatic heterocycles. The van der Waals surface area contributed by atoms with Gasteiger partial charge in [0.2, 0.25) is 0 Å². The fourth-order valence-electron chi connectivity index (χ4n) is 13.1. The third-order valence-corrected chi connectivity index (χ3v) is 11.0. The summed E-state index contributed by atoms with van der Waals surface area (Å²) in [6, 6.07) is 0. The summed E-state index contributed by atoms with van der Waals surface area (Å²) in [7, 11) is 0. The van der Waals surface area contributed by atoms with Crippen molar-refractivity contribution in [2.75, 3.05) is 26.4 Å². The Morgan fingerprint density at radius 2 is 0.531 bits per heavy atom. The molecule has 0 aromatic heterocycles. The molecule has 4 nitrogen and oxygen atoms in total. The Bertz CT molecular complexity index is 621. The lowest BCUT2D eigenvalue weighted by atomic mass is 9.36. The van der Waals surface area contributed by atoms with Gasteiger partial charge in [0.1, 0.15) is 0 Å². The monoisotopic (exact) mass is 448 g/mol. The third-order valence-electron chi connectivity index (χ3n) is 11.0. The van der Waals surface area contributed by atoms with Crippen molar-refractivity contribution in [1.82, 2.24) is 0 Å². The first-order chi connectivity index (χ1) is 14.7. The van der Waals surface area contributed by atoms with Crippen molar-refractivity contribution < 1.29 is 20.4 Å². The van der Waals surface area contributed by atoms with Crippen LogP contribution in [-0.4, -0.2) is 46.9 Å². The van der Waals surface area contributed by atoms with Gasteiger partial charge < -0.3 is 20.4 Å². The zero-order chi connectivity index (χ0) is 23.3. The van der Waals surface area contributed by atoms with Crippen LogP contribution < -0.4 is 0 Å². The number of aliphatic hydroxyl groups is 4. The van der Waals surface area contributed by atoms with Crippen molar-refractivity contribution >= 4 is 0 Å². The molecule has 4 N–H and O–H groups in total. The lowest BCUT2D eigenvalue weighted by Crippen LogP contribution is -2.61. The molecule has 0 heterocycles. The van der Waals surface area contributed by atoms with E-state index in [1.165, 1.54) is 64.2 Å². The quantitative estimate of drug-likeness (QED) is 0.504. The zero-order valence-electron chi connectivity index (χ0n) is 21.1. The molecule has 8 aliphatic rings. The molecule has 184 valence electrons. The van der Waals surface area contributed by atoms with Crippen molar-refractivity contribution in [3.05, 3.63) is 0 Å². The molecule has 8 fully saturated rings. The summed E-state index contributed by atoms with van der Waals surface area (Å²) in [5, 5.41) is 39.2. The van der Waals surface area contributed by atoms with Crippen LogP contribution in [0.1, 0.15) is 105 Å².